The van der Waals surface area contributed by atoms with Gasteiger partial charge in [0.15, 0.2) is 0 Å². The summed E-state index contributed by atoms with van der Waals surface area (Å²) >= 11 is 0. The Morgan fingerprint density at radius 2 is 2.17 bits per heavy atom. The van der Waals surface area contributed by atoms with Crippen molar-refractivity contribution in [2.75, 3.05) is 0 Å². The van der Waals surface area contributed by atoms with Gasteiger partial charge in [0.25, 0.3) is 0 Å². The number of nitrogens with one attached hydrogen (secondary N) is 2. The third-order valence-corrected chi connectivity index (χ3v) is 4.54. The molecule has 7 heteroatoms. The van der Waals surface area contributed by atoms with Crippen molar-refractivity contribution >= 4 is 10.0 Å². The van der Waals surface area contributed by atoms with E-state index in [4.69, 9.17) is 5.26 Å². The van der Waals surface area contributed by atoms with Crippen LogP contribution < -0.4 is 10.3 Å². The molecule has 96 valence electrons. The quantitative estimate of drug-likeness (QED) is 0.824. The molecule has 1 aliphatic carbocycles. The number of rotatable bonds is 3. The van der Waals surface area contributed by atoms with Crippen LogP contribution in [0.5, 0.6) is 0 Å². The lowest BCUT2D eigenvalue weighted by Crippen LogP contribution is -2.37. The van der Waals surface area contributed by atoms with E-state index in [0.29, 0.717) is 6.42 Å². The first kappa shape index (κ1) is 12.8. The average molecular weight is 267 g/mol. The van der Waals surface area contributed by atoms with Crippen LogP contribution in [0.2, 0.25) is 0 Å². The van der Waals surface area contributed by atoms with Crippen LogP contribution in [0.3, 0.4) is 0 Å². The molecule has 0 radical (unpaired) electrons. The number of pyridine rings is 1. The van der Waals surface area contributed by atoms with E-state index in [1.54, 1.807) is 0 Å². The minimum atomic E-state index is -3.67. The van der Waals surface area contributed by atoms with E-state index in [-0.39, 0.29) is 22.4 Å². The number of hydrogen-bond donors (Lipinski definition) is 2. The Kier molecular flexibility index (Phi) is 3.50. The molecule has 2 rings (SSSR count). The maximum atomic E-state index is 12.0. The fourth-order valence-corrected chi connectivity index (χ4v) is 3.36. The second kappa shape index (κ2) is 4.92. The third-order valence-electron chi connectivity index (χ3n) is 3.05. The van der Waals surface area contributed by atoms with Gasteiger partial charge < -0.3 is 4.98 Å². The maximum Gasteiger partial charge on any atom is 0.247 e. The topological polar surface area (TPSA) is 103 Å². The molecule has 0 amide bonds. The highest BCUT2D eigenvalue weighted by Gasteiger charge is 2.31. The van der Waals surface area contributed by atoms with Crippen LogP contribution in [0.15, 0.2) is 28.0 Å². The highest BCUT2D eigenvalue weighted by atomic mass is 32.2. The molecule has 18 heavy (non-hydrogen) atoms. The first-order chi connectivity index (χ1) is 8.53. The van der Waals surface area contributed by atoms with Crippen molar-refractivity contribution in [3.05, 3.63) is 28.7 Å². The molecule has 1 fully saturated rings. The van der Waals surface area contributed by atoms with Crippen LogP contribution in [0.25, 0.3) is 0 Å². The lowest BCUT2D eigenvalue weighted by molar-refractivity contribution is 0.515. The smallest absolute Gasteiger partial charge is 0.247 e. The minimum Gasteiger partial charge on any atom is -0.328 e. The number of hydrogen-bond acceptors (Lipinski definition) is 4. The van der Waals surface area contributed by atoms with Gasteiger partial charge in [-0.15, -0.1) is 0 Å². The zero-order chi connectivity index (χ0) is 13.2. The summed E-state index contributed by atoms with van der Waals surface area (Å²) in [7, 11) is -3.67. The predicted octanol–water partition coefficient (Wildman–Crippen LogP) is 0.345. The highest BCUT2D eigenvalue weighted by Crippen LogP contribution is 2.26. The second-order valence-electron chi connectivity index (χ2n) is 4.28. The van der Waals surface area contributed by atoms with Gasteiger partial charge in [-0.05, 0) is 18.9 Å². The van der Waals surface area contributed by atoms with Crippen LogP contribution in [0.1, 0.15) is 19.3 Å². The van der Waals surface area contributed by atoms with Crippen LogP contribution in [0.4, 0.5) is 0 Å². The molecule has 1 aromatic heterocycles. The monoisotopic (exact) mass is 267 g/mol. The normalized spacial score (nSPS) is 23.7. The molecule has 0 bridgehead atoms. The van der Waals surface area contributed by atoms with Crippen molar-refractivity contribution in [1.82, 2.24) is 9.71 Å². The molecule has 0 aromatic carbocycles. The number of sulfonamides is 1. The van der Waals surface area contributed by atoms with Gasteiger partial charge in [-0.25, -0.2) is 13.1 Å². The highest BCUT2D eigenvalue weighted by molar-refractivity contribution is 7.89. The zero-order valence-corrected chi connectivity index (χ0v) is 10.4. The Morgan fingerprint density at radius 1 is 1.39 bits per heavy atom. The van der Waals surface area contributed by atoms with Gasteiger partial charge in [-0.2, -0.15) is 5.26 Å². The summed E-state index contributed by atoms with van der Waals surface area (Å²) in [6.07, 6.45) is 3.38. The van der Waals surface area contributed by atoms with E-state index in [9.17, 15) is 13.2 Å². The number of aromatic amines is 1. The molecule has 0 spiro atoms. The molecular formula is C11H13N3O3S. The number of nitrogens with zero attached hydrogens (tertiary/aromatic N) is 1. The van der Waals surface area contributed by atoms with Gasteiger partial charge in [-0.3, -0.25) is 4.79 Å². The minimum absolute atomic E-state index is 0.00527. The summed E-state index contributed by atoms with van der Waals surface area (Å²) in [5.74, 6) is -0.275. The SMILES string of the molecule is N#CC1CCCC1NS(=O)(=O)c1ccc(=O)[nH]c1. The van der Waals surface area contributed by atoms with E-state index in [0.717, 1.165) is 25.1 Å². The van der Waals surface area contributed by atoms with Gasteiger partial charge >= 0.3 is 0 Å². The van der Waals surface area contributed by atoms with Crippen molar-refractivity contribution in [2.24, 2.45) is 5.92 Å². The van der Waals surface area contributed by atoms with Crippen molar-refractivity contribution in [3.8, 4) is 6.07 Å². The molecule has 2 atom stereocenters. The van der Waals surface area contributed by atoms with E-state index in [1.165, 1.54) is 6.07 Å². The molecule has 2 N–H and O–H groups in total. The Bertz CT molecular complexity index is 609. The Morgan fingerprint density at radius 3 is 2.78 bits per heavy atom. The average Bonchev–Trinajstić information content (AvgIpc) is 2.76. The second-order valence-corrected chi connectivity index (χ2v) is 6.00. The first-order valence-electron chi connectivity index (χ1n) is 5.63. The first-order valence-corrected chi connectivity index (χ1v) is 7.12. The van der Waals surface area contributed by atoms with Crippen LogP contribution in [-0.2, 0) is 10.0 Å². The molecule has 0 aliphatic heterocycles. The van der Waals surface area contributed by atoms with Gasteiger partial charge in [0, 0.05) is 18.3 Å². The van der Waals surface area contributed by atoms with Crippen molar-refractivity contribution in [1.29, 1.82) is 5.26 Å². The largest absolute Gasteiger partial charge is 0.328 e. The summed E-state index contributed by atoms with van der Waals surface area (Å²) in [5.41, 5.74) is -0.357. The van der Waals surface area contributed by atoms with Gasteiger partial charge in [0.1, 0.15) is 0 Å². The summed E-state index contributed by atoms with van der Waals surface area (Å²) < 4.78 is 26.6. The number of aromatic nitrogens is 1. The van der Waals surface area contributed by atoms with E-state index in [2.05, 4.69) is 15.8 Å². The summed E-state index contributed by atoms with van der Waals surface area (Å²) in [6, 6.07) is 4.18. The molecule has 1 heterocycles. The molecular weight excluding hydrogens is 254 g/mol. The molecule has 6 nitrogen and oxygen atoms in total. The molecule has 1 aromatic rings. The molecule has 2 unspecified atom stereocenters. The van der Waals surface area contributed by atoms with Gasteiger partial charge in [0.05, 0.1) is 16.9 Å². The van der Waals surface area contributed by atoms with E-state index < -0.39 is 10.0 Å². The summed E-state index contributed by atoms with van der Waals surface area (Å²) in [5, 5.41) is 8.91. The van der Waals surface area contributed by atoms with Crippen molar-refractivity contribution in [2.45, 2.75) is 30.2 Å². The maximum absolute atomic E-state index is 12.0. The van der Waals surface area contributed by atoms with Crippen molar-refractivity contribution < 1.29 is 8.42 Å². The van der Waals surface area contributed by atoms with Crippen molar-refractivity contribution in [3.63, 3.8) is 0 Å². The molecule has 0 saturated heterocycles. The fourth-order valence-electron chi connectivity index (χ4n) is 2.09. The third kappa shape index (κ3) is 2.60. The number of nitriles is 1. The lowest BCUT2D eigenvalue weighted by Gasteiger charge is -2.15. The van der Waals surface area contributed by atoms with Crippen LogP contribution >= 0.6 is 0 Å². The molecule has 1 saturated carbocycles. The Labute approximate surface area is 105 Å². The van der Waals surface area contributed by atoms with Gasteiger partial charge in [0.2, 0.25) is 15.6 Å². The zero-order valence-electron chi connectivity index (χ0n) is 9.59. The van der Waals surface area contributed by atoms with Crippen LogP contribution in [0, 0.1) is 17.2 Å². The summed E-state index contributed by atoms with van der Waals surface area (Å²) in [6.45, 7) is 0. The Hall–Kier alpha value is -1.65. The summed E-state index contributed by atoms with van der Waals surface area (Å²) in [4.78, 5) is 13.2. The predicted molar refractivity (Wildman–Crippen MR) is 64.1 cm³/mol. The van der Waals surface area contributed by atoms with Crippen LogP contribution in [-0.4, -0.2) is 19.4 Å². The molecule has 1 aliphatic rings. The number of H-pyrrole nitrogens is 1. The van der Waals surface area contributed by atoms with E-state index in [1.807, 2.05) is 0 Å². The fraction of sp³-hybridized carbons (Fsp3) is 0.455. The standard InChI is InChI=1S/C11H13N3O3S/c12-6-8-2-1-3-10(8)14-18(16,17)9-4-5-11(15)13-7-9/h4-5,7-8,10,14H,1-3H2,(H,13,15). The van der Waals surface area contributed by atoms with E-state index >= 15 is 0 Å². The Balaban J connectivity index is 2.20. The lowest BCUT2D eigenvalue weighted by atomic mass is 10.1. The van der Waals surface area contributed by atoms with Gasteiger partial charge in [-0.1, -0.05) is 6.42 Å².